The molecule has 0 saturated carbocycles. The smallest absolute Gasteiger partial charge is 0.111 e. The van der Waals surface area contributed by atoms with Crippen molar-refractivity contribution < 1.29 is 0 Å². The minimum absolute atomic E-state index is 0.852. The van der Waals surface area contributed by atoms with E-state index in [1.54, 1.807) is 0 Å². The van der Waals surface area contributed by atoms with Crippen molar-refractivity contribution in [3.63, 3.8) is 0 Å². The fourth-order valence-electron chi connectivity index (χ4n) is 2.58. The molecule has 3 heteroatoms. The molecule has 0 amide bonds. The molecular formula is C18H27N3. The molecule has 1 N–H and O–H groups in total. The molecule has 0 aliphatic rings. The van der Waals surface area contributed by atoms with E-state index in [9.17, 15) is 0 Å². The topological polar surface area (TPSA) is 29.9 Å². The van der Waals surface area contributed by atoms with Crippen LogP contribution in [-0.4, -0.2) is 22.6 Å². The summed E-state index contributed by atoms with van der Waals surface area (Å²) in [7, 11) is 0. The first-order chi connectivity index (χ1) is 10.2. The number of nitrogens with one attached hydrogen (secondary N) is 1. The Hall–Kier alpha value is -1.61. The molecule has 3 nitrogen and oxygen atoms in total. The lowest BCUT2D eigenvalue weighted by atomic mass is 10.1. The summed E-state index contributed by atoms with van der Waals surface area (Å²) in [5, 5.41) is 3.46. The van der Waals surface area contributed by atoms with Crippen molar-refractivity contribution >= 4 is 11.0 Å². The first-order valence-electron chi connectivity index (χ1n) is 7.98. The van der Waals surface area contributed by atoms with Crippen LogP contribution in [0, 0.1) is 0 Å². The minimum Gasteiger partial charge on any atom is -0.324 e. The van der Waals surface area contributed by atoms with Gasteiger partial charge < -0.3 is 9.88 Å². The zero-order valence-electron chi connectivity index (χ0n) is 13.6. The Morgan fingerprint density at radius 2 is 2.10 bits per heavy atom. The third-order valence-electron chi connectivity index (χ3n) is 3.68. The van der Waals surface area contributed by atoms with Gasteiger partial charge in [-0.3, -0.25) is 0 Å². The molecular weight excluding hydrogens is 258 g/mol. The van der Waals surface area contributed by atoms with Crippen molar-refractivity contribution in [1.82, 2.24) is 14.9 Å². The van der Waals surface area contributed by atoms with Gasteiger partial charge in [-0.25, -0.2) is 4.98 Å². The molecule has 2 rings (SSSR count). The van der Waals surface area contributed by atoms with Crippen molar-refractivity contribution in [3.8, 4) is 0 Å². The molecule has 0 unspecified atom stereocenters. The van der Waals surface area contributed by atoms with Gasteiger partial charge in [0.1, 0.15) is 5.82 Å². The van der Waals surface area contributed by atoms with Crippen LogP contribution in [0.3, 0.4) is 0 Å². The summed E-state index contributed by atoms with van der Waals surface area (Å²) >= 11 is 0. The molecule has 1 aromatic carbocycles. The van der Waals surface area contributed by atoms with Crippen LogP contribution < -0.4 is 5.32 Å². The highest BCUT2D eigenvalue weighted by atomic mass is 15.1. The van der Waals surface area contributed by atoms with Gasteiger partial charge in [0.25, 0.3) is 0 Å². The molecule has 0 fully saturated rings. The summed E-state index contributed by atoms with van der Waals surface area (Å²) in [5.74, 6) is 1.16. The Morgan fingerprint density at radius 3 is 2.76 bits per heavy atom. The molecule has 1 heterocycles. The third-order valence-corrected chi connectivity index (χ3v) is 3.68. The standard InChI is InChI=1S/C18H27N3/c1-5-10-19-11-9-18-20-16-12-15(6-2)7-8-17(16)21(18)13-14(3)4/h7-8,12,19H,3,5-6,9-11,13H2,1-2,4H3. The first-order valence-corrected chi connectivity index (χ1v) is 7.98. The molecule has 2 aromatic rings. The molecule has 21 heavy (non-hydrogen) atoms. The number of aryl methyl sites for hydroxylation is 1. The van der Waals surface area contributed by atoms with Gasteiger partial charge in [0.2, 0.25) is 0 Å². The summed E-state index contributed by atoms with van der Waals surface area (Å²) in [6.07, 6.45) is 3.18. The van der Waals surface area contributed by atoms with E-state index in [0.717, 1.165) is 49.4 Å². The van der Waals surface area contributed by atoms with E-state index in [1.165, 1.54) is 17.5 Å². The van der Waals surface area contributed by atoms with E-state index < -0.39 is 0 Å². The van der Waals surface area contributed by atoms with Crippen LogP contribution in [0.2, 0.25) is 0 Å². The SMILES string of the molecule is C=C(C)Cn1c(CCNCCC)nc2cc(CC)ccc21. The lowest BCUT2D eigenvalue weighted by Gasteiger charge is -2.09. The molecule has 0 atom stereocenters. The highest BCUT2D eigenvalue weighted by molar-refractivity contribution is 5.77. The van der Waals surface area contributed by atoms with E-state index in [0.29, 0.717) is 0 Å². The number of aromatic nitrogens is 2. The number of hydrogen-bond acceptors (Lipinski definition) is 2. The summed E-state index contributed by atoms with van der Waals surface area (Å²) < 4.78 is 2.31. The quantitative estimate of drug-likeness (QED) is 0.592. The van der Waals surface area contributed by atoms with Gasteiger partial charge in [-0.15, -0.1) is 0 Å². The number of imidazole rings is 1. The predicted octanol–water partition coefficient (Wildman–Crippen LogP) is 3.72. The van der Waals surface area contributed by atoms with Gasteiger partial charge in [0, 0.05) is 19.5 Å². The number of benzene rings is 1. The number of hydrogen-bond donors (Lipinski definition) is 1. The third kappa shape index (κ3) is 3.94. The maximum Gasteiger partial charge on any atom is 0.111 e. The molecule has 114 valence electrons. The number of rotatable bonds is 8. The fourth-order valence-corrected chi connectivity index (χ4v) is 2.58. The van der Waals surface area contributed by atoms with Crippen molar-refractivity contribution in [2.45, 2.75) is 46.6 Å². The highest BCUT2D eigenvalue weighted by Crippen LogP contribution is 2.20. The molecule has 0 spiro atoms. The summed E-state index contributed by atoms with van der Waals surface area (Å²) in [6, 6.07) is 6.62. The van der Waals surface area contributed by atoms with E-state index in [1.807, 2.05) is 0 Å². The minimum atomic E-state index is 0.852. The van der Waals surface area contributed by atoms with Crippen LogP contribution in [0.25, 0.3) is 11.0 Å². The van der Waals surface area contributed by atoms with E-state index in [4.69, 9.17) is 4.98 Å². The van der Waals surface area contributed by atoms with Crippen molar-refractivity contribution in [3.05, 3.63) is 41.7 Å². The van der Waals surface area contributed by atoms with E-state index >= 15 is 0 Å². The summed E-state index contributed by atoms with van der Waals surface area (Å²) in [5.41, 5.74) is 4.84. The van der Waals surface area contributed by atoms with Crippen LogP contribution in [0.4, 0.5) is 0 Å². The maximum absolute atomic E-state index is 4.85. The Labute approximate surface area is 128 Å². The summed E-state index contributed by atoms with van der Waals surface area (Å²) in [4.78, 5) is 4.85. The second-order valence-electron chi connectivity index (χ2n) is 5.75. The number of allylic oxidation sites excluding steroid dienone is 1. The molecule has 1 aromatic heterocycles. The Bertz CT molecular complexity index is 610. The van der Waals surface area contributed by atoms with Gasteiger partial charge in [0.15, 0.2) is 0 Å². The van der Waals surface area contributed by atoms with Crippen molar-refractivity contribution in [2.24, 2.45) is 0 Å². The Balaban J connectivity index is 2.29. The monoisotopic (exact) mass is 285 g/mol. The number of nitrogens with zero attached hydrogens (tertiary/aromatic N) is 2. The van der Waals surface area contributed by atoms with E-state index in [-0.39, 0.29) is 0 Å². The zero-order valence-corrected chi connectivity index (χ0v) is 13.6. The molecule has 0 aliphatic carbocycles. The highest BCUT2D eigenvalue weighted by Gasteiger charge is 2.11. The normalized spacial score (nSPS) is 11.2. The molecule has 0 radical (unpaired) electrons. The van der Waals surface area contributed by atoms with Crippen LogP contribution >= 0.6 is 0 Å². The first kappa shape index (κ1) is 15.8. The maximum atomic E-state index is 4.85. The predicted molar refractivity (Wildman–Crippen MR) is 90.8 cm³/mol. The van der Waals surface area contributed by atoms with Crippen LogP contribution in [0.15, 0.2) is 30.4 Å². The van der Waals surface area contributed by atoms with Crippen LogP contribution in [-0.2, 0) is 19.4 Å². The van der Waals surface area contributed by atoms with Gasteiger partial charge in [-0.05, 0) is 44.0 Å². The van der Waals surface area contributed by atoms with Crippen LogP contribution in [0.1, 0.15) is 38.6 Å². The fraction of sp³-hybridized carbons (Fsp3) is 0.500. The molecule has 0 bridgehead atoms. The number of fused-ring (bicyclic) bond motifs is 1. The van der Waals surface area contributed by atoms with Crippen molar-refractivity contribution in [2.75, 3.05) is 13.1 Å². The van der Waals surface area contributed by atoms with Gasteiger partial charge >= 0.3 is 0 Å². The largest absolute Gasteiger partial charge is 0.324 e. The van der Waals surface area contributed by atoms with Gasteiger partial charge in [-0.1, -0.05) is 32.1 Å². The van der Waals surface area contributed by atoms with Crippen molar-refractivity contribution in [1.29, 1.82) is 0 Å². The van der Waals surface area contributed by atoms with Gasteiger partial charge in [-0.2, -0.15) is 0 Å². The summed E-state index contributed by atoms with van der Waals surface area (Å²) in [6.45, 7) is 13.4. The second kappa shape index (κ2) is 7.41. The Kier molecular flexibility index (Phi) is 5.57. The van der Waals surface area contributed by atoms with Gasteiger partial charge in [0.05, 0.1) is 11.0 Å². The van der Waals surface area contributed by atoms with Crippen LogP contribution in [0.5, 0.6) is 0 Å². The molecule has 0 aliphatic heterocycles. The second-order valence-corrected chi connectivity index (χ2v) is 5.75. The Morgan fingerprint density at radius 1 is 1.29 bits per heavy atom. The average molecular weight is 285 g/mol. The average Bonchev–Trinajstić information content (AvgIpc) is 2.80. The zero-order chi connectivity index (χ0) is 15.2. The molecule has 0 saturated heterocycles. The lowest BCUT2D eigenvalue weighted by Crippen LogP contribution is -2.19. The lowest BCUT2D eigenvalue weighted by molar-refractivity contribution is 0.637. The van der Waals surface area contributed by atoms with E-state index in [2.05, 4.69) is 55.4 Å².